The molecule has 4 nitrogen and oxygen atoms in total. The summed E-state index contributed by atoms with van der Waals surface area (Å²) in [6.45, 7) is 6.17. The molecule has 0 spiro atoms. The average Bonchev–Trinajstić information content (AvgIpc) is 2.65. The highest BCUT2D eigenvalue weighted by Gasteiger charge is 2.32. The van der Waals surface area contributed by atoms with E-state index >= 15 is 0 Å². The van der Waals surface area contributed by atoms with Crippen LogP contribution in [-0.4, -0.2) is 18.7 Å². The van der Waals surface area contributed by atoms with E-state index in [0.717, 1.165) is 25.7 Å². The lowest BCUT2D eigenvalue weighted by Gasteiger charge is -2.15. The zero-order valence-electron chi connectivity index (χ0n) is 18.0. The van der Waals surface area contributed by atoms with Gasteiger partial charge in [-0.15, -0.1) is 0 Å². The van der Waals surface area contributed by atoms with Crippen molar-refractivity contribution in [2.24, 2.45) is 0 Å². The molecule has 0 aromatic carbocycles. The molecular formula is C22H43O4P. The molecule has 5 heteroatoms. The van der Waals surface area contributed by atoms with Gasteiger partial charge in [0.15, 0.2) is 0 Å². The Morgan fingerprint density at radius 2 is 1.15 bits per heavy atom. The average molecular weight is 403 g/mol. The van der Waals surface area contributed by atoms with Crippen LogP contribution in [0.1, 0.15) is 111 Å². The molecule has 0 radical (unpaired) electrons. The fraction of sp³-hybridized carbons (Fsp3) is 0.864. The number of allylic oxidation sites excluding steroid dienone is 2. The fourth-order valence-electron chi connectivity index (χ4n) is 3.01. The summed E-state index contributed by atoms with van der Waals surface area (Å²) in [7, 11) is -3.55. The first-order valence-electron chi connectivity index (χ1n) is 11.2. The second-order valence-electron chi connectivity index (χ2n) is 7.06. The minimum absolute atomic E-state index is 0.232. The summed E-state index contributed by atoms with van der Waals surface area (Å²) >= 11 is 0. The predicted octanol–water partition coefficient (Wildman–Crippen LogP) is 7.82. The van der Waals surface area contributed by atoms with E-state index in [1.165, 1.54) is 57.8 Å². The van der Waals surface area contributed by atoms with Crippen molar-refractivity contribution in [2.75, 3.05) is 13.2 Å². The Hall–Kier alpha value is -0.440. The number of hydrogen-bond donors (Lipinski definition) is 0. The second-order valence-corrected chi connectivity index (χ2v) is 9.07. The van der Waals surface area contributed by atoms with Gasteiger partial charge in [-0.25, -0.2) is 0 Å². The quantitative estimate of drug-likeness (QED) is 0.118. The van der Waals surface area contributed by atoms with E-state index in [1.54, 1.807) is 13.8 Å². The van der Waals surface area contributed by atoms with Crippen molar-refractivity contribution >= 4 is 13.1 Å². The van der Waals surface area contributed by atoms with Crippen molar-refractivity contribution in [1.29, 1.82) is 0 Å². The maximum absolute atomic E-state index is 12.3. The molecule has 160 valence electrons. The molecule has 0 bridgehead atoms. The molecule has 0 fully saturated rings. The van der Waals surface area contributed by atoms with Crippen molar-refractivity contribution in [3.05, 3.63) is 12.2 Å². The maximum atomic E-state index is 12.3. The molecule has 0 atom stereocenters. The van der Waals surface area contributed by atoms with Gasteiger partial charge in [-0.05, 0) is 46.0 Å². The number of unbranched alkanes of at least 4 members (excludes halogenated alkanes) is 11. The summed E-state index contributed by atoms with van der Waals surface area (Å²) in [5.41, 5.74) is -0.371. The predicted molar refractivity (Wildman–Crippen MR) is 115 cm³/mol. The maximum Gasteiger partial charge on any atom is 0.396 e. The Morgan fingerprint density at radius 1 is 0.704 bits per heavy atom. The summed E-state index contributed by atoms with van der Waals surface area (Å²) < 4.78 is 22.5. The van der Waals surface area contributed by atoms with Crippen LogP contribution in [0.2, 0.25) is 0 Å². The molecule has 0 rings (SSSR count). The van der Waals surface area contributed by atoms with Gasteiger partial charge in [-0.2, -0.15) is 0 Å². The minimum Gasteiger partial charge on any atom is -0.303 e. The Kier molecular flexibility index (Phi) is 18.6. The van der Waals surface area contributed by atoms with Gasteiger partial charge in [0, 0.05) is 6.42 Å². The molecule has 0 N–H and O–H groups in total. The number of carbonyl (C=O) groups excluding carboxylic acids is 1. The monoisotopic (exact) mass is 402 g/mol. The van der Waals surface area contributed by atoms with Gasteiger partial charge in [0.1, 0.15) is 0 Å². The fourth-order valence-corrected chi connectivity index (χ4v) is 4.48. The lowest BCUT2D eigenvalue weighted by Crippen LogP contribution is -2.07. The number of hydrogen-bond acceptors (Lipinski definition) is 4. The highest BCUT2D eigenvalue weighted by Crippen LogP contribution is 2.50. The Bertz CT molecular complexity index is 411. The molecule has 0 aromatic heterocycles. The summed E-state index contributed by atoms with van der Waals surface area (Å²) in [6, 6.07) is 0. The molecule has 0 aliphatic rings. The summed E-state index contributed by atoms with van der Waals surface area (Å²) in [5, 5.41) is 0. The van der Waals surface area contributed by atoms with E-state index in [9.17, 15) is 9.36 Å². The van der Waals surface area contributed by atoms with Crippen molar-refractivity contribution in [3.63, 3.8) is 0 Å². The molecule has 0 amide bonds. The summed E-state index contributed by atoms with van der Waals surface area (Å²) in [6.07, 6.45) is 20.7. The number of rotatable bonds is 20. The molecule has 0 heterocycles. The lowest BCUT2D eigenvalue weighted by atomic mass is 10.1. The molecule has 27 heavy (non-hydrogen) atoms. The van der Waals surface area contributed by atoms with E-state index < -0.39 is 7.60 Å². The molecular weight excluding hydrogens is 359 g/mol. The minimum atomic E-state index is -3.55. The standard InChI is InChI=1S/C22H43O4P/c1-4-7-8-9-10-11-12-13-14-15-16-17-18-19-20-21-22(23)27(24,25-5-2)26-6-3/h13-14H,4-12,15-21H2,1-3H3/b14-13-. The van der Waals surface area contributed by atoms with Gasteiger partial charge in [0.05, 0.1) is 13.2 Å². The zero-order valence-corrected chi connectivity index (χ0v) is 18.9. The summed E-state index contributed by atoms with van der Waals surface area (Å²) in [4.78, 5) is 12.1. The number of carbonyl (C=O) groups is 1. The van der Waals surface area contributed by atoms with E-state index in [2.05, 4.69) is 19.1 Å². The summed E-state index contributed by atoms with van der Waals surface area (Å²) in [5.74, 6) is 0. The third kappa shape index (κ3) is 15.2. The van der Waals surface area contributed by atoms with Crippen LogP contribution < -0.4 is 0 Å². The lowest BCUT2D eigenvalue weighted by molar-refractivity contribution is -0.114. The molecule has 0 saturated heterocycles. The largest absolute Gasteiger partial charge is 0.396 e. The molecule has 0 unspecified atom stereocenters. The van der Waals surface area contributed by atoms with Gasteiger partial charge >= 0.3 is 7.60 Å². The van der Waals surface area contributed by atoms with Gasteiger partial charge in [0.25, 0.3) is 0 Å². The molecule has 0 aromatic rings. The Labute approximate surface area is 168 Å². The third-order valence-electron chi connectivity index (χ3n) is 4.56. The SMILES string of the molecule is CCCCCCCC/C=C\CCCCCCCC(=O)P(=O)(OCC)OCC. The van der Waals surface area contributed by atoms with Crippen LogP contribution in [-0.2, 0) is 18.4 Å². The zero-order chi connectivity index (χ0) is 20.2. The molecule has 0 aliphatic carbocycles. The van der Waals surface area contributed by atoms with Crippen molar-refractivity contribution < 1.29 is 18.4 Å². The highest BCUT2D eigenvalue weighted by molar-refractivity contribution is 7.71. The van der Waals surface area contributed by atoms with Gasteiger partial charge < -0.3 is 9.05 Å². The van der Waals surface area contributed by atoms with Crippen LogP contribution in [0.5, 0.6) is 0 Å². The third-order valence-corrected chi connectivity index (χ3v) is 6.59. The molecule has 0 aliphatic heterocycles. The van der Waals surface area contributed by atoms with Crippen molar-refractivity contribution in [1.82, 2.24) is 0 Å². The van der Waals surface area contributed by atoms with Crippen LogP contribution in [0, 0.1) is 0 Å². The van der Waals surface area contributed by atoms with E-state index in [-0.39, 0.29) is 25.2 Å². The van der Waals surface area contributed by atoms with Crippen molar-refractivity contribution in [3.8, 4) is 0 Å². The second kappa shape index (κ2) is 18.9. The van der Waals surface area contributed by atoms with Crippen molar-refractivity contribution in [2.45, 2.75) is 111 Å². The van der Waals surface area contributed by atoms with E-state index in [4.69, 9.17) is 9.05 Å². The van der Waals surface area contributed by atoms with Crippen LogP contribution in [0.15, 0.2) is 12.2 Å². The highest BCUT2D eigenvalue weighted by atomic mass is 31.2. The topological polar surface area (TPSA) is 52.6 Å². The Balaban J connectivity index is 3.54. The van der Waals surface area contributed by atoms with E-state index in [1.807, 2.05) is 0 Å². The first-order valence-corrected chi connectivity index (χ1v) is 12.7. The first kappa shape index (κ1) is 26.6. The molecule has 0 saturated carbocycles. The smallest absolute Gasteiger partial charge is 0.303 e. The van der Waals surface area contributed by atoms with Crippen LogP contribution in [0.4, 0.5) is 0 Å². The van der Waals surface area contributed by atoms with E-state index in [0.29, 0.717) is 0 Å². The first-order chi connectivity index (χ1) is 13.1. The van der Waals surface area contributed by atoms with Crippen LogP contribution in [0.3, 0.4) is 0 Å². The van der Waals surface area contributed by atoms with Crippen LogP contribution in [0.25, 0.3) is 0 Å². The van der Waals surface area contributed by atoms with Gasteiger partial charge in [0.2, 0.25) is 5.52 Å². The Morgan fingerprint density at radius 3 is 1.63 bits per heavy atom. The van der Waals surface area contributed by atoms with Gasteiger partial charge in [-0.3, -0.25) is 9.36 Å². The normalized spacial score (nSPS) is 12.1. The van der Waals surface area contributed by atoms with Crippen LogP contribution >= 0.6 is 7.60 Å². The van der Waals surface area contributed by atoms with Gasteiger partial charge in [-0.1, -0.05) is 70.4 Å².